The van der Waals surface area contributed by atoms with Crippen LogP contribution in [0.1, 0.15) is 5.56 Å². The predicted molar refractivity (Wildman–Crippen MR) is 121 cm³/mol. The van der Waals surface area contributed by atoms with E-state index in [-0.39, 0.29) is 16.3 Å². The zero-order valence-electron chi connectivity index (χ0n) is 15.8. The Hall–Kier alpha value is -2.73. The van der Waals surface area contributed by atoms with Gasteiger partial charge in [0.05, 0.1) is 28.3 Å². The van der Waals surface area contributed by atoms with Crippen molar-refractivity contribution in [1.29, 1.82) is 0 Å². The van der Waals surface area contributed by atoms with E-state index in [4.69, 9.17) is 27.9 Å². The summed E-state index contributed by atoms with van der Waals surface area (Å²) in [5.41, 5.74) is 1.05. The van der Waals surface area contributed by atoms with Gasteiger partial charge >= 0.3 is 0 Å². The van der Waals surface area contributed by atoms with Crippen molar-refractivity contribution in [2.24, 2.45) is 0 Å². The Bertz CT molecular complexity index is 1180. The molecule has 0 spiro atoms. The second kappa shape index (κ2) is 8.56. The van der Waals surface area contributed by atoms with Gasteiger partial charge < -0.3 is 4.74 Å². The summed E-state index contributed by atoms with van der Waals surface area (Å²) in [6, 6.07) is 21.2. The van der Waals surface area contributed by atoms with Gasteiger partial charge in [0.25, 0.3) is 11.8 Å². The number of hydrogen-bond acceptors (Lipinski definition) is 4. The Morgan fingerprint density at radius 3 is 2.30 bits per heavy atom. The summed E-state index contributed by atoms with van der Waals surface area (Å²) in [4.78, 5) is 29.2. The summed E-state index contributed by atoms with van der Waals surface area (Å²) in [6.07, 6.45) is 0. The second-order valence-corrected chi connectivity index (χ2v) is 8.29. The molecule has 1 aliphatic rings. The van der Waals surface area contributed by atoms with Crippen LogP contribution in [0.5, 0.6) is 5.75 Å². The van der Waals surface area contributed by atoms with Gasteiger partial charge in [0.1, 0.15) is 5.75 Å². The van der Waals surface area contributed by atoms with Crippen molar-refractivity contribution in [3.8, 4) is 5.75 Å². The fourth-order valence-corrected chi connectivity index (χ4v) is 4.55. The summed E-state index contributed by atoms with van der Waals surface area (Å²) in [7, 11) is 1.52. The number of rotatable bonds is 5. The zero-order valence-corrected chi connectivity index (χ0v) is 18.1. The number of imide groups is 1. The monoisotopic (exact) mass is 455 g/mol. The highest BCUT2D eigenvalue weighted by atomic mass is 35.5. The summed E-state index contributed by atoms with van der Waals surface area (Å²) in [5.74, 6) is -0.440. The van der Waals surface area contributed by atoms with Crippen molar-refractivity contribution in [2.75, 3.05) is 12.0 Å². The van der Waals surface area contributed by atoms with Crippen LogP contribution in [0.25, 0.3) is 5.57 Å². The molecule has 30 heavy (non-hydrogen) atoms. The van der Waals surface area contributed by atoms with Gasteiger partial charge in [-0.1, -0.05) is 71.4 Å². The zero-order chi connectivity index (χ0) is 21.3. The average Bonchev–Trinajstić information content (AvgIpc) is 3.00. The molecular formula is C23H15Cl2NO3S. The molecule has 0 radical (unpaired) electrons. The molecule has 0 aromatic heterocycles. The van der Waals surface area contributed by atoms with Gasteiger partial charge in [-0.2, -0.15) is 0 Å². The number of methoxy groups -OCH3 is 1. The van der Waals surface area contributed by atoms with Gasteiger partial charge in [0.2, 0.25) is 0 Å². The number of para-hydroxylation sites is 1. The topological polar surface area (TPSA) is 46.6 Å². The lowest BCUT2D eigenvalue weighted by molar-refractivity contribution is -0.119. The highest BCUT2D eigenvalue weighted by Gasteiger charge is 2.42. The van der Waals surface area contributed by atoms with E-state index in [9.17, 15) is 9.59 Å². The van der Waals surface area contributed by atoms with Gasteiger partial charge in [-0.05, 0) is 36.4 Å². The van der Waals surface area contributed by atoms with Crippen molar-refractivity contribution >= 4 is 58.0 Å². The number of thioether (sulfide) groups is 1. The standard InChI is InChI=1S/C23H15Cl2NO3S/c1-29-19-10-6-5-9-16(19)20-21(30-15-7-3-2-4-8-15)23(28)26(22(20)27)18-13-14(24)11-12-17(18)25/h2-13H,1H3. The first-order valence-corrected chi connectivity index (χ1v) is 10.5. The summed E-state index contributed by atoms with van der Waals surface area (Å²) in [6.45, 7) is 0. The third-order valence-electron chi connectivity index (χ3n) is 4.53. The molecule has 1 aliphatic heterocycles. The largest absolute Gasteiger partial charge is 0.496 e. The number of nitrogens with zero attached hydrogens (tertiary/aromatic N) is 1. The summed E-state index contributed by atoms with van der Waals surface area (Å²) < 4.78 is 5.45. The van der Waals surface area contributed by atoms with Crippen LogP contribution in [0.4, 0.5) is 5.69 Å². The molecular weight excluding hydrogens is 441 g/mol. The van der Waals surface area contributed by atoms with E-state index in [1.54, 1.807) is 36.4 Å². The van der Waals surface area contributed by atoms with Crippen LogP contribution in [0, 0.1) is 0 Å². The number of amides is 2. The van der Waals surface area contributed by atoms with Crippen molar-refractivity contribution < 1.29 is 14.3 Å². The maximum Gasteiger partial charge on any atom is 0.272 e. The van der Waals surface area contributed by atoms with Crippen LogP contribution in [-0.2, 0) is 9.59 Å². The molecule has 2 amide bonds. The first-order valence-electron chi connectivity index (χ1n) is 8.95. The minimum atomic E-state index is -0.480. The Morgan fingerprint density at radius 2 is 1.57 bits per heavy atom. The molecule has 0 saturated carbocycles. The SMILES string of the molecule is COc1ccccc1C1=C(Sc2ccccc2)C(=O)N(c2cc(Cl)ccc2Cl)C1=O. The number of carbonyl (C=O) groups is 2. The molecule has 3 aromatic rings. The average molecular weight is 456 g/mol. The molecule has 0 aliphatic carbocycles. The predicted octanol–water partition coefficient (Wildman–Crippen LogP) is 6.08. The third-order valence-corrected chi connectivity index (χ3v) is 6.18. The van der Waals surface area contributed by atoms with E-state index in [1.807, 2.05) is 30.3 Å². The summed E-state index contributed by atoms with van der Waals surface area (Å²) >= 11 is 13.7. The number of hydrogen-bond donors (Lipinski definition) is 0. The number of anilines is 1. The van der Waals surface area contributed by atoms with Crippen LogP contribution in [0.2, 0.25) is 10.0 Å². The molecule has 0 fully saturated rings. The quantitative estimate of drug-likeness (QED) is 0.437. The molecule has 4 rings (SSSR count). The fourth-order valence-electron chi connectivity index (χ4n) is 3.18. The Labute approximate surface area is 188 Å². The first-order chi connectivity index (χ1) is 14.5. The van der Waals surface area contributed by atoms with E-state index in [2.05, 4.69) is 0 Å². The lowest BCUT2D eigenvalue weighted by Crippen LogP contribution is -2.31. The molecule has 1 heterocycles. The van der Waals surface area contributed by atoms with Crippen molar-refractivity contribution in [3.63, 3.8) is 0 Å². The molecule has 0 atom stereocenters. The molecule has 150 valence electrons. The van der Waals surface area contributed by atoms with Crippen molar-refractivity contribution in [2.45, 2.75) is 4.90 Å². The minimum absolute atomic E-state index is 0.246. The van der Waals surface area contributed by atoms with E-state index in [1.165, 1.54) is 24.9 Å². The van der Waals surface area contributed by atoms with Crippen LogP contribution in [0.3, 0.4) is 0 Å². The maximum atomic E-state index is 13.5. The Kier molecular flexibility index (Phi) is 5.86. The van der Waals surface area contributed by atoms with Gasteiger partial charge in [-0.3, -0.25) is 9.59 Å². The third kappa shape index (κ3) is 3.72. The first kappa shape index (κ1) is 20.5. The fraction of sp³-hybridized carbons (Fsp3) is 0.0435. The molecule has 0 N–H and O–H groups in total. The van der Waals surface area contributed by atoms with Gasteiger partial charge in [-0.25, -0.2) is 4.90 Å². The number of benzene rings is 3. The lowest BCUT2D eigenvalue weighted by atomic mass is 10.0. The maximum absolute atomic E-state index is 13.5. The minimum Gasteiger partial charge on any atom is -0.496 e. The van der Waals surface area contributed by atoms with E-state index < -0.39 is 11.8 Å². The van der Waals surface area contributed by atoms with Gasteiger partial charge in [-0.15, -0.1) is 0 Å². The molecule has 7 heteroatoms. The smallest absolute Gasteiger partial charge is 0.272 e. The highest BCUT2D eigenvalue weighted by Crippen LogP contribution is 2.45. The van der Waals surface area contributed by atoms with Crippen LogP contribution < -0.4 is 9.64 Å². The van der Waals surface area contributed by atoms with E-state index >= 15 is 0 Å². The molecule has 3 aromatic carbocycles. The van der Waals surface area contributed by atoms with Gasteiger partial charge in [0, 0.05) is 15.5 Å². The van der Waals surface area contributed by atoms with Crippen molar-refractivity contribution in [1.82, 2.24) is 0 Å². The molecule has 4 nitrogen and oxygen atoms in total. The van der Waals surface area contributed by atoms with Gasteiger partial charge in [0.15, 0.2) is 0 Å². The number of halogens is 2. The van der Waals surface area contributed by atoms with E-state index in [0.29, 0.717) is 21.2 Å². The molecule has 0 saturated heterocycles. The number of carbonyl (C=O) groups excluding carboxylic acids is 2. The van der Waals surface area contributed by atoms with Crippen molar-refractivity contribution in [3.05, 3.63) is 93.3 Å². The molecule has 0 unspecified atom stereocenters. The number of ether oxygens (including phenoxy) is 1. The van der Waals surface area contributed by atoms with Crippen LogP contribution in [-0.4, -0.2) is 18.9 Å². The van der Waals surface area contributed by atoms with Crippen LogP contribution in [0.15, 0.2) is 82.6 Å². The lowest BCUT2D eigenvalue weighted by Gasteiger charge is -2.17. The Balaban J connectivity index is 1.89. The summed E-state index contributed by atoms with van der Waals surface area (Å²) in [5, 5.41) is 0.629. The Morgan fingerprint density at radius 1 is 0.867 bits per heavy atom. The van der Waals surface area contributed by atoms with E-state index in [0.717, 1.165) is 9.80 Å². The second-order valence-electron chi connectivity index (χ2n) is 6.36. The molecule has 0 bridgehead atoms. The van der Waals surface area contributed by atoms with Crippen LogP contribution >= 0.6 is 35.0 Å². The highest BCUT2D eigenvalue weighted by molar-refractivity contribution is 8.04. The normalized spacial score (nSPS) is 13.9.